The molecule has 0 aliphatic carbocycles. The summed E-state index contributed by atoms with van der Waals surface area (Å²) in [4.78, 5) is 2.40. The highest BCUT2D eigenvalue weighted by Gasteiger charge is 2.16. The van der Waals surface area contributed by atoms with Gasteiger partial charge in [0.05, 0.1) is 0 Å². The fraction of sp³-hybridized carbons (Fsp3) is 0. The van der Waals surface area contributed by atoms with E-state index in [1.807, 2.05) is 22.7 Å². The Morgan fingerprint density at radius 1 is 0.333 bits per heavy atom. The van der Waals surface area contributed by atoms with Crippen LogP contribution in [-0.4, -0.2) is 0 Å². The molecule has 0 fully saturated rings. The highest BCUT2D eigenvalue weighted by Crippen LogP contribution is 2.43. The first kappa shape index (κ1) is 22.5. The minimum Gasteiger partial charge on any atom is -0.310 e. The van der Waals surface area contributed by atoms with Crippen LogP contribution in [0.2, 0.25) is 0 Å². The average Bonchev–Trinajstić information content (AvgIpc) is 3.56. The van der Waals surface area contributed by atoms with Crippen molar-refractivity contribution in [1.29, 1.82) is 0 Å². The van der Waals surface area contributed by atoms with E-state index in [2.05, 4.69) is 144 Å². The van der Waals surface area contributed by atoms with E-state index in [9.17, 15) is 0 Å². The summed E-state index contributed by atoms with van der Waals surface area (Å²) in [5.41, 5.74) is 5.92. The second kappa shape index (κ2) is 9.09. The third-order valence-corrected chi connectivity index (χ3v) is 9.77. The summed E-state index contributed by atoms with van der Waals surface area (Å²) < 4.78 is 5.29. The Morgan fingerprint density at radius 3 is 1.33 bits per heavy atom. The van der Waals surface area contributed by atoms with Gasteiger partial charge in [0, 0.05) is 57.4 Å². The standard InChI is InChI=1S/C36H23NS2/c1-2-8-24(9-3-1)25-14-16-26(17-15-25)37(27-18-20-35-31(22-27)29-10-4-6-12-33(29)38-35)28-19-21-36-32(23-28)30-11-5-7-13-34(30)39-36/h1-23H. The van der Waals surface area contributed by atoms with Gasteiger partial charge in [-0.3, -0.25) is 0 Å². The van der Waals surface area contributed by atoms with Crippen LogP contribution in [0.25, 0.3) is 51.5 Å². The smallest absolute Gasteiger partial charge is 0.0468 e. The molecule has 2 aromatic heterocycles. The molecule has 0 radical (unpaired) electrons. The van der Waals surface area contributed by atoms with Crippen molar-refractivity contribution in [1.82, 2.24) is 0 Å². The molecule has 184 valence electrons. The maximum absolute atomic E-state index is 2.40. The topological polar surface area (TPSA) is 3.24 Å². The maximum atomic E-state index is 2.40. The Bertz CT molecular complexity index is 2000. The summed E-state index contributed by atoms with van der Waals surface area (Å²) in [5.74, 6) is 0. The van der Waals surface area contributed by atoms with Gasteiger partial charge in [0.15, 0.2) is 0 Å². The van der Waals surface area contributed by atoms with Crippen molar-refractivity contribution in [2.75, 3.05) is 4.90 Å². The van der Waals surface area contributed by atoms with Crippen LogP contribution in [0.5, 0.6) is 0 Å². The summed E-state index contributed by atoms with van der Waals surface area (Å²) in [6.45, 7) is 0. The van der Waals surface area contributed by atoms with Gasteiger partial charge in [-0.25, -0.2) is 0 Å². The number of anilines is 3. The molecular weight excluding hydrogens is 511 g/mol. The van der Waals surface area contributed by atoms with Gasteiger partial charge in [-0.05, 0) is 71.8 Å². The SMILES string of the molecule is c1ccc(-c2ccc(N(c3ccc4sc5ccccc5c4c3)c3ccc4sc5ccccc5c4c3)cc2)cc1. The van der Waals surface area contributed by atoms with E-state index in [-0.39, 0.29) is 0 Å². The molecule has 0 spiro atoms. The molecule has 0 amide bonds. The van der Waals surface area contributed by atoms with Gasteiger partial charge in [-0.15, -0.1) is 22.7 Å². The molecular formula is C36H23NS2. The van der Waals surface area contributed by atoms with Crippen molar-refractivity contribution in [2.24, 2.45) is 0 Å². The van der Waals surface area contributed by atoms with E-state index in [1.54, 1.807) is 0 Å². The molecule has 0 bridgehead atoms. The van der Waals surface area contributed by atoms with Gasteiger partial charge in [0.25, 0.3) is 0 Å². The maximum Gasteiger partial charge on any atom is 0.0468 e. The van der Waals surface area contributed by atoms with E-state index < -0.39 is 0 Å². The van der Waals surface area contributed by atoms with E-state index in [0.29, 0.717) is 0 Å². The number of hydrogen-bond acceptors (Lipinski definition) is 3. The van der Waals surface area contributed by atoms with Gasteiger partial charge in [-0.2, -0.15) is 0 Å². The lowest BCUT2D eigenvalue weighted by Gasteiger charge is -2.26. The zero-order valence-corrected chi connectivity index (χ0v) is 22.7. The van der Waals surface area contributed by atoms with E-state index in [0.717, 1.165) is 17.1 Å². The largest absolute Gasteiger partial charge is 0.310 e. The van der Waals surface area contributed by atoms with E-state index in [4.69, 9.17) is 0 Å². The number of benzene rings is 6. The highest BCUT2D eigenvalue weighted by molar-refractivity contribution is 7.26. The summed E-state index contributed by atoms with van der Waals surface area (Å²) >= 11 is 3.72. The molecule has 0 unspecified atom stereocenters. The minimum absolute atomic E-state index is 1.15. The fourth-order valence-corrected chi connectivity index (χ4v) is 7.76. The van der Waals surface area contributed by atoms with Crippen LogP contribution in [0.1, 0.15) is 0 Å². The van der Waals surface area contributed by atoms with Gasteiger partial charge < -0.3 is 4.90 Å². The number of fused-ring (bicyclic) bond motifs is 6. The summed E-state index contributed by atoms with van der Waals surface area (Å²) in [6, 6.07) is 50.8. The predicted octanol–water partition coefficient (Wildman–Crippen LogP) is 11.6. The third kappa shape index (κ3) is 3.82. The molecule has 0 saturated carbocycles. The van der Waals surface area contributed by atoms with Crippen LogP contribution < -0.4 is 4.90 Å². The zero-order chi connectivity index (χ0) is 25.8. The van der Waals surface area contributed by atoms with Crippen molar-refractivity contribution in [2.45, 2.75) is 0 Å². The molecule has 0 N–H and O–H groups in total. The van der Waals surface area contributed by atoms with E-state index >= 15 is 0 Å². The second-order valence-corrected chi connectivity index (χ2v) is 12.0. The van der Waals surface area contributed by atoms with Crippen LogP contribution in [0.15, 0.2) is 140 Å². The molecule has 3 heteroatoms. The van der Waals surface area contributed by atoms with Crippen LogP contribution in [0.4, 0.5) is 17.1 Å². The van der Waals surface area contributed by atoms with Crippen molar-refractivity contribution in [3.63, 3.8) is 0 Å². The number of thiophene rings is 2. The molecule has 0 aliphatic rings. The number of hydrogen-bond donors (Lipinski definition) is 0. The summed E-state index contributed by atoms with van der Waals surface area (Å²) in [7, 11) is 0. The molecule has 2 heterocycles. The summed E-state index contributed by atoms with van der Waals surface area (Å²) in [6.07, 6.45) is 0. The van der Waals surface area contributed by atoms with Crippen LogP contribution in [0, 0.1) is 0 Å². The molecule has 8 rings (SSSR count). The molecule has 8 aromatic rings. The van der Waals surface area contributed by atoms with Crippen molar-refractivity contribution >= 4 is 80.1 Å². The van der Waals surface area contributed by atoms with Crippen molar-refractivity contribution in [3.05, 3.63) is 140 Å². The Labute approximate surface area is 234 Å². The third-order valence-electron chi connectivity index (χ3n) is 7.47. The van der Waals surface area contributed by atoms with Gasteiger partial charge in [-0.1, -0.05) is 78.9 Å². The first-order chi connectivity index (χ1) is 19.3. The molecule has 0 aliphatic heterocycles. The quantitative estimate of drug-likeness (QED) is 0.217. The Balaban J connectivity index is 1.33. The normalized spacial score (nSPS) is 11.6. The van der Waals surface area contributed by atoms with Gasteiger partial charge >= 0.3 is 0 Å². The zero-order valence-electron chi connectivity index (χ0n) is 21.0. The fourth-order valence-electron chi connectivity index (χ4n) is 5.59. The summed E-state index contributed by atoms with van der Waals surface area (Å²) in [5, 5.41) is 5.25. The first-order valence-corrected chi connectivity index (χ1v) is 14.7. The Hall–Kier alpha value is -4.44. The minimum atomic E-state index is 1.15. The Kier molecular flexibility index (Phi) is 5.25. The molecule has 39 heavy (non-hydrogen) atoms. The van der Waals surface area contributed by atoms with Gasteiger partial charge in [0.1, 0.15) is 0 Å². The lowest BCUT2D eigenvalue weighted by atomic mass is 10.0. The van der Waals surface area contributed by atoms with Crippen LogP contribution >= 0.6 is 22.7 Å². The predicted molar refractivity (Wildman–Crippen MR) is 172 cm³/mol. The second-order valence-electron chi connectivity index (χ2n) is 9.81. The Morgan fingerprint density at radius 2 is 0.769 bits per heavy atom. The number of nitrogens with zero attached hydrogens (tertiary/aromatic N) is 1. The van der Waals surface area contributed by atoms with Crippen LogP contribution in [-0.2, 0) is 0 Å². The lowest BCUT2D eigenvalue weighted by Crippen LogP contribution is -2.09. The molecule has 1 nitrogen and oxygen atoms in total. The van der Waals surface area contributed by atoms with Crippen molar-refractivity contribution < 1.29 is 0 Å². The molecule has 0 saturated heterocycles. The van der Waals surface area contributed by atoms with Crippen LogP contribution in [0.3, 0.4) is 0 Å². The molecule has 0 atom stereocenters. The first-order valence-electron chi connectivity index (χ1n) is 13.1. The molecule has 6 aromatic carbocycles. The lowest BCUT2D eigenvalue weighted by molar-refractivity contribution is 1.30. The van der Waals surface area contributed by atoms with E-state index in [1.165, 1.54) is 51.5 Å². The average molecular weight is 534 g/mol. The van der Waals surface area contributed by atoms with Gasteiger partial charge in [0.2, 0.25) is 0 Å². The van der Waals surface area contributed by atoms with Crippen molar-refractivity contribution in [3.8, 4) is 11.1 Å². The number of rotatable bonds is 4. The highest BCUT2D eigenvalue weighted by atomic mass is 32.1. The monoisotopic (exact) mass is 533 g/mol.